The van der Waals surface area contributed by atoms with Crippen molar-refractivity contribution < 1.29 is 36.7 Å². The maximum absolute atomic E-state index is 14.5. The Morgan fingerprint density at radius 3 is 2.68 bits per heavy atom. The topological polar surface area (TPSA) is 90.4 Å². The highest BCUT2D eigenvalue weighted by Gasteiger charge is 2.42. The van der Waals surface area contributed by atoms with Crippen molar-refractivity contribution in [2.45, 2.75) is 32.7 Å². The first-order valence-electron chi connectivity index (χ1n) is 8.98. The third-order valence-corrected chi connectivity index (χ3v) is 4.48. The molecule has 0 bridgehead atoms. The zero-order chi connectivity index (χ0) is 22.9. The van der Waals surface area contributed by atoms with Crippen LogP contribution in [-0.2, 0) is 17.5 Å². The second kappa shape index (κ2) is 8.67. The molecular formula is C19H16ClF4N3O4. The van der Waals surface area contributed by atoms with Crippen LogP contribution in [0.15, 0.2) is 28.9 Å². The summed E-state index contributed by atoms with van der Waals surface area (Å²) in [4.78, 5) is 12.6. The van der Waals surface area contributed by atoms with E-state index in [0.717, 1.165) is 12.3 Å². The van der Waals surface area contributed by atoms with Crippen LogP contribution in [0.25, 0.3) is 22.6 Å². The standard InChI is InChI=1S/C19H16ClF4N3O4/c1-3-30-18(29)14-15(13-11(20)5-4-6-12(13)21)26-31-16(14)10-7-25-27(8-9(2)28)17(10)19(22,23)24/h4-7,9,28H,3,8H2,1-2H3. The fourth-order valence-corrected chi connectivity index (χ4v) is 3.25. The average Bonchev–Trinajstić information content (AvgIpc) is 3.25. The van der Waals surface area contributed by atoms with Crippen molar-refractivity contribution >= 4 is 17.6 Å². The maximum Gasteiger partial charge on any atom is 0.433 e. The van der Waals surface area contributed by atoms with Crippen molar-refractivity contribution in [3.63, 3.8) is 0 Å². The number of nitrogens with zero attached hydrogens (tertiary/aromatic N) is 3. The molecule has 7 nitrogen and oxygen atoms in total. The van der Waals surface area contributed by atoms with Gasteiger partial charge in [0.25, 0.3) is 0 Å². The zero-order valence-corrected chi connectivity index (χ0v) is 17.0. The Labute approximate surface area is 178 Å². The number of aromatic nitrogens is 3. The molecule has 1 atom stereocenters. The van der Waals surface area contributed by atoms with E-state index in [1.807, 2.05) is 0 Å². The number of aliphatic hydroxyl groups is 1. The smallest absolute Gasteiger partial charge is 0.433 e. The second-order valence-corrected chi connectivity index (χ2v) is 6.90. The van der Waals surface area contributed by atoms with Crippen molar-refractivity contribution in [2.24, 2.45) is 0 Å². The Kier molecular flexibility index (Phi) is 6.37. The predicted molar refractivity (Wildman–Crippen MR) is 101 cm³/mol. The molecule has 0 aliphatic heterocycles. The quantitative estimate of drug-likeness (QED) is 0.427. The van der Waals surface area contributed by atoms with Crippen molar-refractivity contribution in [2.75, 3.05) is 6.61 Å². The van der Waals surface area contributed by atoms with Crippen LogP contribution < -0.4 is 0 Å². The first-order chi connectivity index (χ1) is 14.6. The van der Waals surface area contributed by atoms with Crippen LogP contribution in [0, 0.1) is 5.82 Å². The number of ether oxygens (including phenoxy) is 1. The van der Waals surface area contributed by atoms with Gasteiger partial charge < -0.3 is 14.4 Å². The number of benzene rings is 1. The van der Waals surface area contributed by atoms with E-state index in [9.17, 15) is 27.5 Å². The normalized spacial score (nSPS) is 12.8. The predicted octanol–water partition coefficient (Wildman–Crippen LogP) is 4.57. The lowest BCUT2D eigenvalue weighted by molar-refractivity contribution is -0.144. The minimum Gasteiger partial charge on any atom is -0.462 e. The van der Waals surface area contributed by atoms with Crippen LogP contribution in [0.4, 0.5) is 17.6 Å². The summed E-state index contributed by atoms with van der Waals surface area (Å²) in [6.07, 6.45) is -5.24. The molecule has 0 radical (unpaired) electrons. The van der Waals surface area contributed by atoms with Gasteiger partial charge in [-0.3, -0.25) is 4.68 Å². The Morgan fingerprint density at radius 1 is 1.39 bits per heavy atom. The lowest BCUT2D eigenvalue weighted by Crippen LogP contribution is -2.21. The van der Waals surface area contributed by atoms with Crippen LogP contribution in [0.2, 0.25) is 5.02 Å². The van der Waals surface area contributed by atoms with Crippen molar-refractivity contribution in [1.29, 1.82) is 0 Å². The largest absolute Gasteiger partial charge is 0.462 e. The van der Waals surface area contributed by atoms with E-state index >= 15 is 0 Å². The van der Waals surface area contributed by atoms with Gasteiger partial charge in [-0.05, 0) is 26.0 Å². The average molecular weight is 462 g/mol. The number of aliphatic hydroxyl groups excluding tert-OH is 1. The lowest BCUT2D eigenvalue weighted by atomic mass is 10.0. The summed E-state index contributed by atoms with van der Waals surface area (Å²) in [7, 11) is 0. The van der Waals surface area contributed by atoms with E-state index in [0.29, 0.717) is 4.68 Å². The van der Waals surface area contributed by atoms with Crippen LogP contribution in [0.5, 0.6) is 0 Å². The molecule has 0 spiro atoms. The van der Waals surface area contributed by atoms with Gasteiger partial charge in [0.2, 0.25) is 0 Å². The number of carbonyl (C=O) groups is 1. The monoisotopic (exact) mass is 461 g/mol. The minimum absolute atomic E-state index is 0.110. The number of esters is 1. The molecule has 0 fully saturated rings. The summed E-state index contributed by atoms with van der Waals surface area (Å²) in [5.74, 6) is -2.56. The van der Waals surface area contributed by atoms with Gasteiger partial charge in [-0.2, -0.15) is 18.3 Å². The van der Waals surface area contributed by atoms with Crippen LogP contribution in [0.3, 0.4) is 0 Å². The van der Waals surface area contributed by atoms with Gasteiger partial charge in [-0.1, -0.05) is 22.8 Å². The van der Waals surface area contributed by atoms with Crippen molar-refractivity contribution in [3.8, 4) is 22.6 Å². The lowest BCUT2D eigenvalue weighted by Gasteiger charge is -2.13. The first-order valence-corrected chi connectivity index (χ1v) is 9.36. The number of rotatable bonds is 6. The molecule has 2 aromatic heterocycles. The number of halogens is 5. The number of hydrogen-bond donors (Lipinski definition) is 1. The van der Waals surface area contributed by atoms with Gasteiger partial charge in [-0.15, -0.1) is 0 Å². The van der Waals surface area contributed by atoms with Gasteiger partial charge in [0.05, 0.1) is 41.6 Å². The maximum atomic E-state index is 14.5. The Hall–Kier alpha value is -2.92. The van der Waals surface area contributed by atoms with E-state index in [1.54, 1.807) is 0 Å². The summed E-state index contributed by atoms with van der Waals surface area (Å²) in [5.41, 5.74) is -3.17. The van der Waals surface area contributed by atoms with E-state index < -0.39 is 58.9 Å². The summed E-state index contributed by atoms with van der Waals surface area (Å²) in [6.45, 7) is 2.20. The SMILES string of the molecule is CCOC(=O)c1c(-c2c(F)cccc2Cl)noc1-c1cnn(CC(C)O)c1C(F)(F)F. The van der Waals surface area contributed by atoms with Gasteiger partial charge in [-0.25, -0.2) is 9.18 Å². The van der Waals surface area contributed by atoms with Gasteiger partial charge >= 0.3 is 12.1 Å². The van der Waals surface area contributed by atoms with Crippen molar-refractivity contribution in [1.82, 2.24) is 14.9 Å². The van der Waals surface area contributed by atoms with Gasteiger partial charge in [0, 0.05) is 0 Å². The fourth-order valence-electron chi connectivity index (χ4n) is 3.00. The molecule has 0 amide bonds. The Balaban J connectivity index is 2.30. The second-order valence-electron chi connectivity index (χ2n) is 6.49. The van der Waals surface area contributed by atoms with E-state index in [-0.39, 0.29) is 17.2 Å². The molecule has 166 valence electrons. The molecule has 3 aromatic rings. The van der Waals surface area contributed by atoms with Crippen LogP contribution in [-0.4, -0.2) is 38.7 Å². The Bertz CT molecular complexity index is 1090. The number of hydrogen-bond acceptors (Lipinski definition) is 6. The molecule has 0 aliphatic rings. The third-order valence-electron chi connectivity index (χ3n) is 4.16. The highest BCUT2D eigenvalue weighted by molar-refractivity contribution is 6.33. The molecule has 1 N–H and O–H groups in total. The molecule has 1 aromatic carbocycles. The van der Waals surface area contributed by atoms with E-state index in [1.165, 1.54) is 26.0 Å². The minimum atomic E-state index is -4.92. The van der Waals surface area contributed by atoms with Crippen molar-refractivity contribution in [3.05, 3.63) is 46.5 Å². The number of carbonyl (C=O) groups excluding carboxylic acids is 1. The molecule has 0 aliphatic carbocycles. The molecule has 0 saturated heterocycles. The highest BCUT2D eigenvalue weighted by Crippen LogP contribution is 2.42. The Morgan fingerprint density at radius 2 is 2.10 bits per heavy atom. The van der Waals surface area contributed by atoms with E-state index in [2.05, 4.69) is 10.3 Å². The highest BCUT2D eigenvalue weighted by atomic mass is 35.5. The summed E-state index contributed by atoms with van der Waals surface area (Å²) < 4.78 is 66.4. The summed E-state index contributed by atoms with van der Waals surface area (Å²) in [5, 5.41) is 16.7. The summed E-state index contributed by atoms with van der Waals surface area (Å²) in [6, 6.07) is 3.69. The van der Waals surface area contributed by atoms with E-state index in [4.69, 9.17) is 20.9 Å². The molecule has 31 heavy (non-hydrogen) atoms. The fraction of sp³-hybridized carbons (Fsp3) is 0.316. The molecule has 12 heteroatoms. The van der Waals surface area contributed by atoms with Gasteiger partial charge in [0.1, 0.15) is 17.1 Å². The first kappa shape index (κ1) is 22.8. The third kappa shape index (κ3) is 4.42. The summed E-state index contributed by atoms with van der Waals surface area (Å²) >= 11 is 6.04. The number of alkyl halides is 3. The molecule has 0 saturated carbocycles. The zero-order valence-electron chi connectivity index (χ0n) is 16.2. The van der Waals surface area contributed by atoms with Crippen LogP contribution in [0.1, 0.15) is 29.9 Å². The van der Waals surface area contributed by atoms with Gasteiger partial charge in [0.15, 0.2) is 11.5 Å². The van der Waals surface area contributed by atoms with Crippen LogP contribution >= 0.6 is 11.6 Å². The molecule has 2 heterocycles. The molecule has 1 unspecified atom stereocenters. The molecule has 3 rings (SSSR count). The molecular weight excluding hydrogens is 446 g/mol.